The molecule has 1 aromatic rings. The number of fused-ring (bicyclic) bond motifs is 3. The van der Waals surface area contributed by atoms with E-state index in [9.17, 15) is 19.2 Å². The Morgan fingerprint density at radius 1 is 0.974 bits per heavy atom. The van der Waals surface area contributed by atoms with Gasteiger partial charge in [-0.15, -0.1) is 0 Å². The molecule has 2 bridgehead atoms. The Hall–Kier alpha value is -3.30. The lowest BCUT2D eigenvalue weighted by Crippen LogP contribution is -2.60. The lowest BCUT2D eigenvalue weighted by atomic mass is 9.61. The molecule has 210 valence electrons. The summed E-state index contributed by atoms with van der Waals surface area (Å²) in [4.78, 5) is 50.0. The van der Waals surface area contributed by atoms with E-state index in [2.05, 4.69) is 16.0 Å². The van der Waals surface area contributed by atoms with Crippen molar-refractivity contribution < 1.29 is 28.7 Å². The molecule has 3 atom stereocenters. The molecule has 4 rings (SSSR count). The largest absolute Gasteiger partial charge is 0.445 e. The smallest absolute Gasteiger partial charge is 0.408 e. The van der Waals surface area contributed by atoms with Crippen LogP contribution >= 0.6 is 0 Å². The van der Waals surface area contributed by atoms with Crippen LogP contribution in [-0.4, -0.2) is 48.2 Å². The topological polar surface area (TPSA) is 149 Å². The molecule has 0 saturated heterocycles. The summed E-state index contributed by atoms with van der Waals surface area (Å²) in [5.74, 6) is -0.750. The van der Waals surface area contributed by atoms with Crippen molar-refractivity contribution in [1.29, 1.82) is 0 Å². The molecule has 0 heterocycles. The van der Waals surface area contributed by atoms with Gasteiger partial charge in [0.15, 0.2) is 0 Å². The molecule has 0 aromatic heterocycles. The fraction of sp³-hybridized carbons (Fsp3) is 0.643. The molecule has 3 saturated carbocycles. The summed E-state index contributed by atoms with van der Waals surface area (Å²) in [6, 6.07) is 8.09. The van der Waals surface area contributed by atoms with Crippen molar-refractivity contribution in [1.82, 2.24) is 16.0 Å². The number of nitrogens with two attached hydrogens (primary N) is 1. The van der Waals surface area contributed by atoms with Gasteiger partial charge in [-0.2, -0.15) is 0 Å². The Balaban J connectivity index is 1.57. The Labute approximate surface area is 224 Å². The van der Waals surface area contributed by atoms with Crippen LogP contribution in [0.2, 0.25) is 0 Å². The van der Waals surface area contributed by atoms with E-state index < -0.39 is 29.7 Å². The summed E-state index contributed by atoms with van der Waals surface area (Å²) in [7, 11) is 0. The molecule has 2 unspecified atom stereocenters. The Morgan fingerprint density at radius 3 is 2.26 bits per heavy atom. The fourth-order valence-electron chi connectivity index (χ4n) is 5.49. The predicted molar refractivity (Wildman–Crippen MR) is 142 cm³/mol. The molecule has 3 aliphatic rings. The van der Waals surface area contributed by atoms with Gasteiger partial charge in [0.05, 0.1) is 5.92 Å². The number of primary amides is 1. The number of alkyl carbamates (subject to hydrolysis) is 2. The Morgan fingerprint density at radius 2 is 1.63 bits per heavy atom. The molecule has 4 amide bonds. The molecule has 3 aliphatic carbocycles. The molecule has 1 aromatic carbocycles. The molecule has 0 aliphatic heterocycles. The number of carbonyl (C=O) groups excluding carboxylic acids is 4. The van der Waals surface area contributed by atoms with Crippen LogP contribution in [0.25, 0.3) is 0 Å². The SMILES string of the molecule is CC(C)(C)OC(=O)NCCCC[C@H](NC(=O)OCc1ccccc1)C(=O)NC1C2CCC(CC2)C1C(N)=O. The summed E-state index contributed by atoms with van der Waals surface area (Å²) in [6.07, 6.45) is 4.08. The highest BCUT2D eigenvalue weighted by Gasteiger charge is 2.47. The van der Waals surface area contributed by atoms with Crippen molar-refractivity contribution in [3.8, 4) is 0 Å². The van der Waals surface area contributed by atoms with E-state index in [4.69, 9.17) is 15.2 Å². The van der Waals surface area contributed by atoms with E-state index in [1.54, 1.807) is 20.8 Å². The molecular weight excluding hydrogens is 488 g/mol. The third kappa shape index (κ3) is 8.92. The lowest BCUT2D eigenvalue weighted by Gasteiger charge is -2.47. The molecule has 10 nitrogen and oxygen atoms in total. The van der Waals surface area contributed by atoms with Crippen LogP contribution in [0.15, 0.2) is 30.3 Å². The van der Waals surface area contributed by atoms with Crippen molar-refractivity contribution >= 4 is 24.0 Å². The maximum atomic E-state index is 13.4. The van der Waals surface area contributed by atoms with Gasteiger partial charge in [0.25, 0.3) is 0 Å². The number of unbranched alkanes of at least 4 members (excludes halogenated alkanes) is 1. The van der Waals surface area contributed by atoms with Gasteiger partial charge in [0.1, 0.15) is 18.2 Å². The number of nitrogens with one attached hydrogen (secondary N) is 3. The highest BCUT2D eigenvalue weighted by molar-refractivity contribution is 5.87. The second-order valence-corrected chi connectivity index (χ2v) is 11.3. The highest BCUT2D eigenvalue weighted by atomic mass is 16.6. The van der Waals surface area contributed by atoms with Gasteiger partial charge in [-0.05, 0) is 83.1 Å². The van der Waals surface area contributed by atoms with E-state index in [-0.39, 0.29) is 36.3 Å². The minimum absolute atomic E-state index is 0.0803. The summed E-state index contributed by atoms with van der Waals surface area (Å²) >= 11 is 0. The normalized spacial score (nSPS) is 23.1. The first-order valence-corrected chi connectivity index (χ1v) is 13.6. The Kier molecular flexibility index (Phi) is 10.4. The first-order valence-electron chi connectivity index (χ1n) is 13.6. The first-order chi connectivity index (χ1) is 18.0. The molecule has 0 spiro atoms. The molecule has 0 radical (unpaired) electrons. The summed E-state index contributed by atoms with van der Waals surface area (Å²) in [5.41, 5.74) is 5.97. The number of hydrogen-bond acceptors (Lipinski definition) is 6. The van der Waals surface area contributed by atoms with Gasteiger partial charge >= 0.3 is 12.2 Å². The second kappa shape index (κ2) is 13.5. The first kappa shape index (κ1) is 29.3. The third-order valence-electron chi connectivity index (χ3n) is 7.27. The van der Waals surface area contributed by atoms with Crippen LogP contribution in [0.5, 0.6) is 0 Å². The summed E-state index contributed by atoms with van der Waals surface area (Å²) < 4.78 is 10.6. The third-order valence-corrected chi connectivity index (χ3v) is 7.27. The molecule has 3 fully saturated rings. The van der Waals surface area contributed by atoms with Crippen LogP contribution in [0.1, 0.15) is 71.3 Å². The van der Waals surface area contributed by atoms with E-state index >= 15 is 0 Å². The van der Waals surface area contributed by atoms with Gasteiger partial charge in [-0.3, -0.25) is 9.59 Å². The van der Waals surface area contributed by atoms with E-state index in [1.165, 1.54) is 0 Å². The zero-order chi connectivity index (χ0) is 27.7. The van der Waals surface area contributed by atoms with Gasteiger partial charge in [0.2, 0.25) is 11.8 Å². The zero-order valence-electron chi connectivity index (χ0n) is 22.7. The van der Waals surface area contributed by atoms with E-state index in [0.717, 1.165) is 31.2 Å². The van der Waals surface area contributed by atoms with Gasteiger partial charge < -0.3 is 31.2 Å². The number of hydrogen-bond donors (Lipinski definition) is 4. The number of carbonyl (C=O) groups is 4. The van der Waals surface area contributed by atoms with Crippen LogP contribution in [0.4, 0.5) is 9.59 Å². The van der Waals surface area contributed by atoms with Gasteiger partial charge in [-0.1, -0.05) is 30.3 Å². The van der Waals surface area contributed by atoms with Crippen molar-refractivity contribution in [2.24, 2.45) is 23.5 Å². The average Bonchev–Trinajstić information content (AvgIpc) is 2.86. The van der Waals surface area contributed by atoms with Crippen molar-refractivity contribution in [3.05, 3.63) is 35.9 Å². The number of benzene rings is 1. The molecule has 5 N–H and O–H groups in total. The summed E-state index contributed by atoms with van der Waals surface area (Å²) in [5, 5.41) is 8.44. The summed E-state index contributed by atoms with van der Waals surface area (Å²) in [6.45, 7) is 5.83. The van der Waals surface area contributed by atoms with Crippen LogP contribution in [0.3, 0.4) is 0 Å². The standard InChI is InChI=1S/C28H42N4O6/c1-28(2,3)38-26(35)30-16-8-7-11-21(31-27(36)37-17-18-9-5-4-6-10-18)25(34)32-23-20-14-12-19(13-15-20)22(23)24(29)33/h4-6,9-10,19-23H,7-8,11-17H2,1-3H3,(H2,29,33)(H,30,35)(H,31,36)(H,32,34)/t19?,20?,21-,22?,23?/m0/s1. The number of rotatable bonds is 11. The number of amides is 4. The lowest BCUT2D eigenvalue weighted by molar-refractivity contribution is -0.132. The van der Waals surface area contributed by atoms with Crippen LogP contribution < -0.4 is 21.7 Å². The average molecular weight is 531 g/mol. The second-order valence-electron chi connectivity index (χ2n) is 11.3. The molecule has 10 heteroatoms. The van der Waals surface area contributed by atoms with Crippen molar-refractivity contribution in [2.75, 3.05) is 6.54 Å². The Bertz CT molecular complexity index is 956. The van der Waals surface area contributed by atoms with Gasteiger partial charge in [0, 0.05) is 12.6 Å². The number of ether oxygens (including phenoxy) is 2. The van der Waals surface area contributed by atoms with E-state index in [0.29, 0.717) is 25.8 Å². The minimum Gasteiger partial charge on any atom is -0.445 e. The van der Waals surface area contributed by atoms with Crippen LogP contribution in [-0.2, 0) is 25.7 Å². The fourth-order valence-corrected chi connectivity index (χ4v) is 5.49. The van der Waals surface area contributed by atoms with Crippen molar-refractivity contribution in [3.63, 3.8) is 0 Å². The van der Waals surface area contributed by atoms with Crippen LogP contribution in [0, 0.1) is 17.8 Å². The maximum absolute atomic E-state index is 13.4. The highest BCUT2D eigenvalue weighted by Crippen LogP contribution is 2.45. The quantitative estimate of drug-likeness (QED) is 0.322. The monoisotopic (exact) mass is 530 g/mol. The van der Waals surface area contributed by atoms with E-state index in [1.807, 2.05) is 30.3 Å². The van der Waals surface area contributed by atoms with Crippen molar-refractivity contribution in [2.45, 2.75) is 90.0 Å². The maximum Gasteiger partial charge on any atom is 0.408 e. The molecular formula is C28H42N4O6. The predicted octanol–water partition coefficient (Wildman–Crippen LogP) is 3.38. The zero-order valence-corrected chi connectivity index (χ0v) is 22.7. The minimum atomic E-state index is -0.853. The van der Waals surface area contributed by atoms with Gasteiger partial charge in [-0.25, -0.2) is 9.59 Å². The molecule has 38 heavy (non-hydrogen) atoms.